The molecule has 0 unspecified atom stereocenters. The number of aromatic nitrogens is 3. The Kier molecular flexibility index (Phi) is 5.31. The first-order valence-corrected chi connectivity index (χ1v) is 12.0. The molecule has 0 saturated heterocycles. The Morgan fingerprint density at radius 3 is 2.80 bits per heavy atom. The van der Waals surface area contributed by atoms with Crippen molar-refractivity contribution in [2.45, 2.75) is 37.0 Å². The van der Waals surface area contributed by atoms with Gasteiger partial charge in [-0.1, -0.05) is 60.3 Å². The molecule has 4 aromatic rings. The van der Waals surface area contributed by atoms with Crippen molar-refractivity contribution < 1.29 is 4.79 Å². The van der Waals surface area contributed by atoms with Gasteiger partial charge in [-0.3, -0.25) is 9.36 Å². The first-order valence-electron chi connectivity index (χ1n) is 10.1. The highest BCUT2D eigenvalue weighted by Crippen LogP contribution is 2.41. The van der Waals surface area contributed by atoms with Gasteiger partial charge in [0.1, 0.15) is 0 Å². The first-order chi connectivity index (χ1) is 14.7. The molecule has 1 fully saturated rings. The van der Waals surface area contributed by atoms with Crippen LogP contribution in [0.2, 0.25) is 0 Å². The molecule has 2 heterocycles. The molecule has 0 bridgehead atoms. The lowest BCUT2D eigenvalue weighted by molar-refractivity contribution is -0.119. The fraction of sp³-hybridized carbons (Fsp3) is 0.261. The molecule has 1 amide bonds. The highest BCUT2D eigenvalue weighted by molar-refractivity contribution is 7.99. The van der Waals surface area contributed by atoms with Crippen LogP contribution >= 0.6 is 23.1 Å². The lowest BCUT2D eigenvalue weighted by Crippen LogP contribution is -2.28. The summed E-state index contributed by atoms with van der Waals surface area (Å²) in [6.45, 7) is 2.03. The molecule has 0 aliphatic heterocycles. The molecular weight excluding hydrogens is 412 g/mol. The van der Waals surface area contributed by atoms with Crippen LogP contribution in [0, 0.1) is 0 Å². The van der Waals surface area contributed by atoms with Gasteiger partial charge in [0.15, 0.2) is 11.0 Å². The van der Waals surface area contributed by atoms with Gasteiger partial charge in [0.05, 0.1) is 16.7 Å². The van der Waals surface area contributed by atoms with Crippen LogP contribution in [0.4, 0.5) is 0 Å². The normalized spacial score (nSPS) is 14.7. The highest BCUT2D eigenvalue weighted by atomic mass is 32.2. The maximum absolute atomic E-state index is 12.7. The number of hydrogen-bond acceptors (Lipinski definition) is 5. The van der Waals surface area contributed by atoms with E-state index in [-0.39, 0.29) is 11.9 Å². The third kappa shape index (κ3) is 3.87. The average Bonchev–Trinajstić information content (AvgIpc) is 3.28. The summed E-state index contributed by atoms with van der Waals surface area (Å²) >= 11 is 3.13. The molecule has 5 rings (SSSR count). The van der Waals surface area contributed by atoms with Crippen LogP contribution in [0.25, 0.3) is 21.5 Å². The molecule has 1 aliphatic rings. The SMILES string of the molecule is C[C@@H](NC(=O)CSc1nnc(-c2cccs2)n1C1CC1)c1cccc2ccccc12. The number of benzene rings is 2. The second kappa shape index (κ2) is 8.24. The van der Waals surface area contributed by atoms with E-state index in [9.17, 15) is 4.79 Å². The van der Waals surface area contributed by atoms with Crippen LogP contribution in [0.1, 0.15) is 37.4 Å². The van der Waals surface area contributed by atoms with Gasteiger partial charge < -0.3 is 5.32 Å². The molecule has 2 aromatic heterocycles. The zero-order chi connectivity index (χ0) is 20.5. The monoisotopic (exact) mass is 434 g/mol. The number of thiophene rings is 1. The Morgan fingerprint density at radius 2 is 2.00 bits per heavy atom. The number of amides is 1. The lowest BCUT2D eigenvalue weighted by atomic mass is 10.00. The first kappa shape index (κ1) is 19.3. The van der Waals surface area contributed by atoms with Crippen molar-refractivity contribution in [3.63, 3.8) is 0 Å². The van der Waals surface area contributed by atoms with E-state index in [1.807, 2.05) is 31.2 Å². The van der Waals surface area contributed by atoms with Crippen molar-refractivity contribution in [3.8, 4) is 10.7 Å². The Labute approximate surface area is 183 Å². The van der Waals surface area contributed by atoms with Crippen molar-refractivity contribution >= 4 is 39.8 Å². The standard InChI is InChI=1S/C23H22N4OS2/c1-15(18-9-4-7-16-6-2-3-8-19(16)18)24-21(28)14-30-23-26-25-22(20-10-5-13-29-20)27(23)17-11-12-17/h2-10,13,15,17H,11-12,14H2,1H3,(H,24,28)/t15-/m1/s1. The minimum Gasteiger partial charge on any atom is -0.349 e. The van der Waals surface area contributed by atoms with Gasteiger partial charge >= 0.3 is 0 Å². The number of carbonyl (C=O) groups is 1. The van der Waals surface area contributed by atoms with Crippen molar-refractivity contribution in [1.82, 2.24) is 20.1 Å². The quantitative estimate of drug-likeness (QED) is 0.392. The van der Waals surface area contributed by atoms with Gasteiger partial charge in [0.25, 0.3) is 0 Å². The summed E-state index contributed by atoms with van der Waals surface area (Å²) in [6, 6.07) is 19.0. The lowest BCUT2D eigenvalue weighted by Gasteiger charge is -2.16. The minimum atomic E-state index is -0.0628. The number of hydrogen-bond donors (Lipinski definition) is 1. The van der Waals surface area contributed by atoms with E-state index >= 15 is 0 Å². The topological polar surface area (TPSA) is 59.8 Å². The molecule has 152 valence electrons. The summed E-state index contributed by atoms with van der Waals surface area (Å²) in [4.78, 5) is 13.8. The largest absolute Gasteiger partial charge is 0.349 e. The summed E-state index contributed by atoms with van der Waals surface area (Å²) in [5, 5.41) is 17.2. The average molecular weight is 435 g/mol. The molecule has 5 nitrogen and oxygen atoms in total. The molecule has 1 aliphatic carbocycles. The van der Waals surface area contributed by atoms with E-state index in [0.717, 1.165) is 34.3 Å². The second-order valence-corrected chi connectivity index (χ2v) is 9.42. The Hall–Kier alpha value is -2.64. The summed E-state index contributed by atoms with van der Waals surface area (Å²) in [6.07, 6.45) is 2.29. The fourth-order valence-electron chi connectivity index (χ4n) is 3.73. The maximum atomic E-state index is 12.7. The summed E-state index contributed by atoms with van der Waals surface area (Å²) in [7, 11) is 0. The van der Waals surface area contributed by atoms with Crippen molar-refractivity contribution in [2.24, 2.45) is 0 Å². The fourth-order valence-corrected chi connectivity index (χ4v) is 5.25. The predicted molar refractivity (Wildman–Crippen MR) is 123 cm³/mol. The molecule has 7 heteroatoms. The smallest absolute Gasteiger partial charge is 0.230 e. The molecule has 0 radical (unpaired) electrons. The van der Waals surface area contributed by atoms with Gasteiger partial charge in [-0.05, 0) is 47.5 Å². The Balaban J connectivity index is 1.28. The van der Waals surface area contributed by atoms with E-state index in [1.165, 1.54) is 22.5 Å². The van der Waals surface area contributed by atoms with Crippen LogP contribution < -0.4 is 5.32 Å². The highest BCUT2D eigenvalue weighted by Gasteiger charge is 2.30. The third-order valence-electron chi connectivity index (χ3n) is 5.32. The van der Waals surface area contributed by atoms with Gasteiger partial charge in [0, 0.05) is 6.04 Å². The number of fused-ring (bicyclic) bond motifs is 1. The Bertz CT molecular complexity index is 1180. The van der Waals surface area contributed by atoms with Gasteiger partial charge in [0.2, 0.25) is 5.91 Å². The molecular formula is C23H22N4OS2. The molecule has 1 saturated carbocycles. The van der Waals surface area contributed by atoms with E-state index < -0.39 is 0 Å². The van der Waals surface area contributed by atoms with Crippen LogP contribution in [0.5, 0.6) is 0 Å². The van der Waals surface area contributed by atoms with Crippen molar-refractivity contribution in [1.29, 1.82) is 0 Å². The van der Waals surface area contributed by atoms with Gasteiger partial charge in [-0.2, -0.15) is 0 Å². The number of thioether (sulfide) groups is 1. The second-order valence-electron chi connectivity index (χ2n) is 7.53. The van der Waals surface area contributed by atoms with E-state index in [2.05, 4.69) is 55.8 Å². The van der Waals surface area contributed by atoms with Crippen LogP contribution in [0.15, 0.2) is 65.1 Å². The Morgan fingerprint density at radius 1 is 1.17 bits per heavy atom. The minimum absolute atomic E-state index is 0.00320. The van der Waals surface area contributed by atoms with E-state index in [1.54, 1.807) is 11.3 Å². The number of nitrogens with one attached hydrogen (secondary N) is 1. The van der Waals surface area contributed by atoms with E-state index in [0.29, 0.717) is 11.8 Å². The summed E-state index contributed by atoms with van der Waals surface area (Å²) in [5.74, 6) is 1.24. The molecule has 1 atom stereocenters. The van der Waals surface area contributed by atoms with Crippen LogP contribution in [-0.2, 0) is 4.79 Å². The number of rotatable bonds is 7. The van der Waals surface area contributed by atoms with E-state index in [4.69, 9.17) is 0 Å². The molecule has 0 spiro atoms. The van der Waals surface area contributed by atoms with Gasteiger partial charge in [-0.25, -0.2) is 0 Å². The summed E-state index contributed by atoms with van der Waals surface area (Å²) < 4.78 is 2.21. The molecule has 2 aromatic carbocycles. The van der Waals surface area contributed by atoms with Crippen LogP contribution in [-0.4, -0.2) is 26.4 Å². The maximum Gasteiger partial charge on any atom is 0.230 e. The zero-order valence-corrected chi connectivity index (χ0v) is 18.2. The third-order valence-corrected chi connectivity index (χ3v) is 7.13. The predicted octanol–water partition coefficient (Wildman–Crippen LogP) is 5.46. The molecule has 30 heavy (non-hydrogen) atoms. The number of carbonyl (C=O) groups excluding carboxylic acids is 1. The zero-order valence-electron chi connectivity index (χ0n) is 16.6. The number of nitrogens with zero attached hydrogens (tertiary/aromatic N) is 3. The summed E-state index contributed by atoms with van der Waals surface area (Å²) in [5.41, 5.74) is 1.13. The van der Waals surface area contributed by atoms with Crippen LogP contribution in [0.3, 0.4) is 0 Å². The molecule has 1 N–H and O–H groups in total. The van der Waals surface area contributed by atoms with Crippen molar-refractivity contribution in [3.05, 3.63) is 65.5 Å². The van der Waals surface area contributed by atoms with Gasteiger partial charge in [-0.15, -0.1) is 21.5 Å². The van der Waals surface area contributed by atoms with Crippen molar-refractivity contribution in [2.75, 3.05) is 5.75 Å².